The van der Waals surface area contributed by atoms with Crippen molar-refractivity contribution in [2.24, 2.45) is 5.73 Å². The van der Waals surface area contributed by atoms with Crippen LogP contribution in [0.3, 0.4) is 0 Å². The first-order valence-electron chi connectivity index (χ1n) is 8.29. The SMILES string of the molecule is CCCCCCC(C)OCCCOc1cccc(CN)c1. The second-order valence-corrected chi connectivity index (χ2v) is 5.58. The van der Waals surface area contributed by atoms with E-state index in [-0.39, 0.29) is 0 Å². The highest BCUT2D eigenvalue weighted by Gasteiger charge is 2.02. The lowest BCUT2D eigenvalue weighted by atomic mass is 10.1. The lowest BCUT2D eigenvalue weighted by Gasteiger charge is -2.13. The number of hydrogen-bond donors (Lipinski definition) is 1. The van der Waals surface area contributed by atoms with E-state index in [4.69, 9.17) is 15.2 Å². The number of unbranched alkanes of at least 4 members (excludes halogenated alkanes) is 3. The van der Waals surface area contributed by atoms with Gasteiger partial charge in [0.25, 0.3) is 0 Å². The molecular weight excluding hydrogens is 262 g/mol. The van der Waals surface area contributed by atoms with E-state index < -0.39 is 0 Å². The fraction of sp³-hybridized carbons (Fsp3) is 0.667. The third-order valence-electron chi connectivity index (χ3n) is 3.56. The smallest absolute Gasteiger partial charge is 0.119 e. The van der Waals surface area contributed by atoms with Gasteiger partial charge in [-0.25, -0.2) is 0 Å². The Morgan fingerprint density at radius 2 is 1.95 bits per heavy atom. The van der Waals surface area contributed by atoms with Crippen LogP contribution >= 0.6 is 0 Å². The molecule has 2 N–H and O–H groups in total. The lowest BCUT2D eigenvalue weighted by molar-refractivity contribution is 0.0507. The summed E-state index contributed by atoms with van der Waals surface area (Å²) in [5.74, 6) is 0.894. The number of hydrogen-bond acceptors (Lipinski definition) is 3. The highest BCUT2D eigenvalue weighted by atomic mass is 16.5. The minimum Gasteiger partial charge on any atom is -0.493 e. The van der Waals surface area contributed by atoms with E-state index in [1.807, 2.05) is 24.3 Å². The molecule has 1 unspecified atom stereocenters. The molecule has 1 aromatic carbocycles. The van der Waals surface area contributed by atoms with Crippen LogP contribution in [0.5, 0.6) is 5.75 Å². The maximum atomic E-state index is 5.81. The number of benzene rings is 1. The van der Waals surface area contributed by atoms with Crippen LogP contribution in [0.1, 0.15) is 57.9 Å². The Kier molecular flexibility index (Phi) is 9.92. The van der Waals surface area contributed by atoms with E-state index in [1.54, 1.807) is 0 Å². The van der Waals surface area contributed by atoms with Gasteiger partial charge in [-0.15, -0.1) is 0 Å². The molecule has 1 atom stereocenters. The summed E-state index contributed by atoms with van der Waals surface area (Å²) in [7, 11) is 0. The summed E-state index contributed by atoms with van der Waals surface area (Å²) < 4.78 is 11.5. The largest absolute Gasteiger partial charge is 0.493 e. The summed E-state index contributed by atoms with van der Waals surface area (Å²) in [6.45, 7) is 6.42. The van der Waals surface area contributed by atoms with E-state index in [9.17, 15) is 0 Å². The van der Waals surface area contributed by atoms with Gasteiger partial charge in [0.15, 0.2) is 0 Å². The quantitative estimate of drug-likeness (QED) is 0.585. The Hall–Kier alpha value is -1.06. The van der Waals surface area contributed by atoms with Crippen LogP contribution in [-0.4, -0.2) is 19.3 Å². The van der Waals surface area contributed by atoms with Crippen molar-refractivity contribution in [3.05, 3.63) is 29.8 Å². The van der Waals surface area contributed by atoms with Crippen molar-refractivity contribution in [2.45, 2.75) is 65.0 Å². The second-order valence-electron chi connectivity index (χ2n) is 5.58. The molecule has 0 saturated carbocycles. The summed E-state index contributed by atoms with van der Waals surface area (Å²) in [5, 5.41) is 0. The van der Waals surface area contributed by atoms with Gasteiger partial charge >= 0.3 is 0 Å². The molecule has 0 aliphatic heterocycles. The molecule has 0 aromatic heterocycles. The molecule has 3 nitrogen and oxygen atoms in total. The van der Waals surface area contributed by atoms with E-state index in [0.29, 0.717) is 19.3 Å². The van der Waals surface area contributed by atoms with Gasteiger partial charge in [-0.2, -0.15) is 0 Å². The first kappa shape index (κ1) is 18.0. The molecule has 0 spiro atoms. The van der Waals surface area contributed by atoms with Gasteiger partial charge in [0.2, 0.25) is 0 Å². The summed E-state index contributed by atoms with van der Waals surface area (Å²) >= 11 is 0. The van der Waals surface area contributed by atoms with Gasteiger partial charge < -0.3 is 15.2 Å². The van der Waals surface area contributed by atoms with E-state index >= 15 is 0 Å². The third kappa shape index (κ3) is 8.74. The minimum atomic E-state index is 0.363. The van der Waals surface area contributed by atoms with Crippen molar-refractivity contribution in [3.8, 4) is 5.75 Å². The van der Waals surface area contributed by atoms with Crippen LogP contribution in [0.15, 0.2) is 24.3 Å². The number of ether oxygens (including phenoxy) is 2. The molecule has 0 saturated heterocycles. The molecule has 1 aromatic rings. The standard InChI is InChI=1S/C18H31NO2/c1-3-4-5-6-9-16(2)20-12-8-13-21-18-11-7-10-17(14-18)15-19/h7,10-11,14,16H,3-6,8-9,12-13,15,19H2,1-2H3. The van der Waals surface area contributed by atoms with E-state index in [1.165, 1.54) is 32.1 Å². The molecule has 21 heavy (non-hydrogen) atoms. The predicted molar refractivity (Wildman–Crippen MR) is 88.6 cm³/mol. The normalized spacial score (nSPS) is 12.3. The molecular formula is C18H31NO2. The molecule has 3 heteroatoms. The van der Waals surface area contributed by atoms with E-state index in [0.717, 1.165) is 24.3 Å². The fourth-order valence-electron chi connectivity index (χ4n) is 2.24. The lowest BCUT2D eigenvalue weighted by Crippen LogP contribution is -2.11. The summed E-state index contributed by atoms with van der Waals surface area (Å²) in [6.07, 6.45) is 7.68. The zero-order valence-corrected chi connectivity index (χ0v) is 13.6. The average molecular weight is 293 g/mol. The fourth-order valence-corrected chi connectivity index (χ4v) is 2.24. The van der Waals surface area contributed by atoms with Crippen molar-refractivity contribution in [3.63, 3.8) is 0 Å². The van der Waals surface area contributed by atoms with Gasteiger partial charge in [0.05, 0.1) is 19.3 Å². The zero-order chi connectivity index (χ0) is 15.3. The van der Waals surface area contributed by atoms with Crippen LogP contribution in [0.4, 0.5) is 0 Å². The Balaban J connectivity index is 2.03. The van der Waals surface area contributed by atoms with Gasteiger partial charge in [-0.1, -0.05) is 44.7 Å². The molecule has 0 radical (unpaired) electrons. The Morgan fingerprint density at radius 3 is 2.71 bits per heavy atom. The van der Waals surface area contributed by atoms with Gasteiger partial charge in [0, 0.05) is 13.0 Å². The number of nitrogens with two attached hydrogens (primary N) is 1. The molecule has 120 valence electrons. The second kappa shape index (κ2) is 11.6. The zero-order valence-electron chi connectivity index (χ0n) is 13.6. The maximum Gasteiger partial charge on any atom is 0.119 e. The van der Waals surface area contributed by atoms with Crippen molar-refractivity contribution < 1.29 is 9.47 Å². The molecule has 0 amide bonds. The van der Waals surface area contributed by atoms with Gasteiger partial charge in [-0.05, 0) is 31.0 Å². The average Bonchev–Trinajstić information content (AvgIpc) is 2.51. The minimum absolute atomic E-state index is 0.363. The Morgan fingerprint density at radius 1 is 1.10 bits per heavy atom. The molecule has 0 bridgehead atoms. The maximum absolute atomic E-state index is 5.81. The first-order chi connectivity index (χ1) is 10.3. The summed E-state index contributed by atoms with van der Waals surface area (Å²) in [4.78, 5) is 0. The topological polar surface area (TPSA) is 44.5 Å². The van der Waals surface area contributed by atoms with Crippen molar-refractivity contribution in [2.75, 3.05) is 13.2 Å². The molecule has 1 rings (SSSR count). The Bertz CT molecular complexity index is 368. The van der Waals surface area contributed by atoms with Crippen molar-refractivity contribution >= 4 is 0 Å². The molecule has 0 heterocycles. The van der Waals surface area contributed by atoms with Crippen LogP contribution in [0.25, 0.3) is 0 Å². The highest BCUT2D eigenvalue weighted by molar-refractivity contribution is 5.28. The van der Waals surface area contributed by atoms with Crippen LogP contribution in [0.2, 0.25) is 0 Å². The van der Waals surface area contributed by atoms with Crippen molar-refractivity contribution in [1.29, 1.82) is 0 Å². The highest BCUT2D eigenvalue weighted by Crippen LogP contribution is 2.13. The summed E-state index contributed by atoms with van der Waals surface area (Å²) in [5.41, 5.74) is 6.71. The third-order valence-corrected chi connectivity index (χ3v) is 3.56. The van der Waals surface area contributed by atoms with Gasteiger partial charge in [-0.3, -0.25) is 0 Å². The van der Waals surface area contributed by atoms with E-state index in [2.05, 4.69) is 13.8 Å². The molecule has 0 aliphatic carbocycles. The van der Waals surface area contributed by atoms with Crippen LogP contribution < -0.4 is 10.5 Å². The molecule has 0 aliphatic rings. The van der Waals surface area contributed by atoms with Crippen molar-refractivity contribution in [1.82, 2.24) is 0 Å². The number of rotatable bonds is 12. The van der Waals surface area contributed by atoms with Crippen LogP contribution in [0, 0.1) is 0 Å². The van der Waals surface area contributed by atoms with Gasteiger partial charge in [0.1, 0.15) is 5.75 Å². The summed E-state index contributed by atoms with van der Waals surface area (Å²) in [6, 6.07) is 7.95. The first-order valence-corrected chi connectivity index (χ1v) is 8.29. The monoisotopic (exact) mass is 293 g/mol. The van der Waals surface area contributed by atoms with Crippen LogP contribution in [-0.2, 0) is 11.3 Å². The predicted octanol–water partition coefficient (Wildman–Crippen LogP) is 4.29. The molecule has 0 fully saturated rings. The Labute approximate surface area is 129 Å².